The third-order valence-electron chi connectivity index (χ3n) is 4.71. The molecule has 0 aromatic heterocycles. The Morgan fingerprint density at radius 1 is 1.32 bits per heavy atom. The van der Waals surface area contributed by atoms with Crippen LogP contribution in [0, 0.1) is 11.7 Å². The molecule has 1 heterocycles. The largest absolute Gasteiger partial charge is 0.336 e. The van der Waals surface area contributed by atoms with Gasteiger partial charge in [0.05, 0.1) is 6.04 Å². The van der Waals surface area contributed by atoms with Gasteiger partial charge in [0.1, 0.15) is 5.82 Å². The zero-order valence-corrected chi connectivity index (χ0v) is 13.6. The SMILES string of the molecule is CCN(C(=O)CCC1CCNCC1)C(C)c1ccc(F)cc1. The van der Waals surface area contributed by atoms with Crippen LogP contribution in [0.15, 0.2) is 24.3 Å². The highest BCUT2D eigenvalue weighted by Gasteiger charge is 2.21. The van der Waals surface area contributed by atoms with E-state index in [0.29, 0.717) is 18.9 Å². The van der Waals surface area contributed by atoms with Gasteiger partial charge in [-0.15, -0.1) is 0 Å². The van der Waals surface area contributed by atoms with Gasteiger partial charge in [0.2, 0.25) is 5.91 Å². The van der Waals surface area contributed by atoms with Gasteiger partial charge < -0.3 is 10.2 Å². The number of carbonyl (C=O) groups excluding carboxylic acids is 1. The second-order valence-electron chi connectivity index (χ2n) is 6.14. The average Bonchev–Trinajstić information content (AvgIpc) is 2.55. The molecule has 1 atom stereocenters. The van der Waals surface area contributed by atoms with E-state index in [1.165, 1.54) is 25.0 Å². The first kappa shape index (κ1) is 16.9. The first-order valence-corrected chi connectivity index (χ1v) is 8.37. The molecule has 1 saturated heterocycles. The van der Waals surface area contributed by atoms with Crippen molar-refractivity contribution in [1.29, 1.82) is 0 Å². The van der Waals surface area contributed by atoms with Gasteiger partial charge in [-0.3, -0.25) is 4.79 Å². The Morgan fingerprint density at radius 2 is 1.95 bits per heavy atom. The van der Waals surface area contributed by atoms with E-state index >= 15 is 0 Å². The molecule has 0 spiro atoms. The average molecular weight is 306 g/mol. The normalized spacial score (nSPS) is 17.2. The van der Waals surface area contributed by atoms with Gasteiger partial charge in [-0.2, -0.15) is 0 Å². The maximum atomic E-state index is 13.0. The van der Waals surface area contributed by atoms with Crippen molar-refractivity contribution in [3.63, 3.8) is 0 Å². The van der Waals surface area contributed by atoms with Gasteiger partial charge in [0.25, 0.3) is 0 Å². The molecule has 0 radical (unpaired) electrons. The number of benzene rings is 1. The Bertz CT molecular complexity index is 468. The molecule has 3 nitrogen and oxygen atoms in total. The van der Waals surface area contributed by atoms with E-state index in [2.05, 4.69) is 5.32 Å². The fourth-order valence-electron chi connectivity index (χ4n) is 3.23. The molecule has 0 bridgehead atoms. The molecule has 122 valence electrons. The van der Waals surface area contributed by atoms with E-state index in [4.69, 9.17) is 0 Å². The molecule has 1 aliphatic rings. The fraction of sp³-hybridized carbons (Fsp3) is 0.611. The quantitative estimate of drug-likeness (QED) is 0.872. The van der Waals surface area contributed by atoms with Crippen molar-refractivity contribution in [1.82, 2.24) is 10.2 Å². The third-order valence-corrected chi connectivity index (χ3v) is 4.71. The van der Waals surface area contributed by atoms with Crippen LogP contribution in [0.1, 0.15) is 51.1 Å². The molecule has 0 saturated carbocycles. The van der Waals surface area contributed by atoms with Crippen LogP contribution in [0.5, 0.6) is 0 Å². The van der Waals surface area contributed by atoms with Crippen molar-refractivity contribution in [2.24, 2.45) is 5.92 Å². The molecule has 2 rings (SSSR count). The van der Waals surface area contributed by atoms with Crippen LogP contribution in [0.3, 0.4) is 0 Å². The summed E-state index contributed by atoms with van der Waals surface area (Å²) in [5.41, 5.74) is 0.985. The highest BCUT2D eigenvalue weighted by atomic mass is 19.1. The van der Waals surface area contributed by atoms with Crippen molar-refractivity contribution >= 4 is 5.91 Å². The smallest absolute Gasteiger partial charge is 0.223 e. The summed E-state index contributed by atoms with van der Waals surface area (Å²) in [5, 5.41) is 3.35. The molecular weight excluding hydrogens is 279 g/mol. The van der Waals surface area contributed by atoms with Crippen molar-refractivity contribution in [2.75, 3.05) is 19.6 Å². The lowest BCUT2D eigenvalue weighted by Gasteiger charge is -2.30. The van der Waals surface area contributed by atoms with Crippen LogP contribution >= 0.6 is 0 Å². The maximum Gasteiger partial charge on any atom is 0.223 e. The van der Waals surface area contributed by atoms with E-state index < -0.39 is 0 Å². The van der Waals surface area contributed by atoms with Gasteiger partial charge in [0, 0.05) is 13.0 Å². The number of halogens is 1. The number of nitrogens with one attached hydrogen (secondary N) is 1. The maximum absolute atomic E-state index is 13.0. The van der Waals surface area contributed by atoms with Crippen molar-refractivity contribution in [3.05, 3.63) is 35.6 Å². The van der Waals surface area contributed by atoms with Crippen molar-refractivity contribution in [2.45, 2.75) is 45.6 Å². The number of hydrogen-bond donors (Lipinski definition) is 1. The van der Waals surface area contributed by atoms with Gasteiger partial charge in [0.15, 0.2) is 0 Å². The fourth-order valence-corrected chi connectivity index (χ4v) is 3.23. The number of nitrogens with zero attached hydrogens (tertiary/aromatic N) is 1. The van der Waals surface area contributed by atoms with E-state index in [1.54, 1.807) is 12.1 Å². The zero-order chi connectivity index (χ0) is 15.9. The summed E-state index contributed by atoms with van der Waals surface area (Å²) in [4.78, 5) is 14.4. The van der Waals surface area contributed by atoms with Crippen LogP contribution in [0.2, 0.25) is 0 Å². The number of amides is 1. The highest BCUT2D eigenvalue weighted by Crippen LogP contribution is 2.23. The first-order chi connectivity index (χ1) is 10.6. The standard InChI is InChI=1S/C18H27FN2O/c1-3-21(14(2)16-5-7-17(19)8-6-16)18(22)9-4-15-10-12-20-13-11-15/h5-8,14-15,20H,3-4,9-13H2,1-2H3. The van der Waals surface area contributed by atoms with E-state index in [-0.39, 0.29) is 17.8 Å². The summed E-state index contributed by atoms with van der Waals surface area (Å²) in [5.74, 6) is 0.638. The van der Waals surface area contributed by atoms with Crippen LogP contribution in [0.25, 0.3) is 0 Å². The van der Waals surface area contributed by atoms with Crippen LogP contribution in [0.4, 0.5) is 4.39 Å². The molecule has 1 unspecified atom stereocenters. The molecule has 1 aromatic carbocycles. The predicted octanol–water partition coefficient (Wildman–Crippen LogP) is 3.52. The predicted molar refractivity (Wildman–Crippen MR) is 87.0 cm³/mol. The molecule has 4 heteroatoms. The van der Waals surface area contributed by atoms with Crippen molar-refractivity contribution < 1.29 is 9.18 Å². The molecule has 1 fully saturated rings. The Hall–Kier alpha value is -1.42. The van der Waals surface area contributed by atoms with Gasteiger partial charge >= 0.3 is 0 Å². The topological polar surface area (TPSA) is 32.3 Å². The van der Waals surface area contributed by atoms with Crippen LogP contribution < -0.4 is 5.32 Å². The Morgan fingerprint density at radius 3 is 2.55 bits per heavy atom. The highest BCUT2D eigenvalue weighted by molar-refractivity contribution is 5.76. The summed E-state index contributed by atoms with van der Waals surface area (Å²) in [6, 6.07) is 6.44. The zero-order valence-electron chi connectivity index (χ0n) is 13.6. The van der Waals surface area contributed by atoms with Crippen molar-refractivity contribution in [3.8, 4) is 0 Å². The number of carbonyl (C=O) groups is 1. The summed E-state index contributed by atoms with van der Waals surface area (Å²) in [7, 11) is 0. The van der Waals surface area contributed by atoms with Crippen LogP contribution in [-0.4, -0.2) is 30.4 Å². The molecule has 1 amide bonds. The van der Waals surface area contributed by atoms with Gasteiger partial charge in [-0.05, 0) is 69.8 Å². The Balaban J connectivity index is 1.91. The Labute approximate surface area is 132 Å². The number of hydrogen-bond acceptors (Lipinski definition) is 2. The molecule has 22 heavy (non-hydrogen) atoms. The minimum absolute atomic E-state index is 0.00822. The lowest BCUT2D eigenvalue weighted by molar-refractivity contribution is -0.133. The summed E-state index contributed by atoms with van der Waals surface area (Å²) in [6.07, 6.45) is 3.94. The van der Waals surface area contributed by atoms with Gasteiger partial charge in [-0.25, -0.2) is 4.39 Å². The Kier molecular flexibility index (Phi) is 6.37. The molecule has 0 aliphatic carbocycles. The van der Waals surface area contributed by atoms with E-state index in [0.717, 1.165) is 25.1 Å². The van der Waals surface area contributed by atoms with E-state index in [9.17, 15) is 9.18 Å². The van der Waals surface area contributed by atoms with Gasteiger partial charge in [-0.1, -0.05) is 12.1 Å². The molecule has 1 aliphatic heterocycles. The third kappa shape index (κ3) is 4.54. The second kappa shape index (κ2) is 8.28. The molecule has 1 aromatic rings. The summed E-state index contributed by atoms with van der Waals surface area (Å²) >= 11 is 0. The lowest BCUT2D eigenvalue weighted by atomic mass is 9.93. The summed E-state index contributed by atoms with van der Waals surface area (Å²) < 4.78 is 13.0. The van der Waals surface area contributed by atoms with Crippen LogP contribution in [-0.2, 0) is 4.79 Å². The lowest BCUT2D eigenvalue weighted by Crippen LogP contribution is -2.34. The second-order valence-corrected chi connectivity index (χ2v) is 6.14. The molecule has 1 N–H and O–H groups in total. The minimum Gasteiger partial charge on any atom is -0.336 e. The minimum atomic E-state index is -0.240. The number of piperidine rings is 1. The summed E-state index contributed by atoms with van der Waals surface area (Å²) in [6.45, 7) is 6.84. The first-order valence-electron chi connectivity index (χ1n) is 8.37. The monoisotopic (exact) mass is 306 g/mol. The van der Waals surface area contributed by atoms with E-state index in [1.807, 2.05) is 18.7 Å². The number of rotatable bonds is 6. The molecular formula is C18H27FN2O.